The van der Waals surface area contributed by atoms with Crippen molar-refractivity contribution >= 4 is 27.5 Å². The van der Waals surface area contributed by atoms with Crippen molar-refractivity contribution in [1.82, 2.24) is 0 Å². The number of benzene rings is 2. The largest absolute Gasteiger partial charge is 0.325 e. The van der Waals surface area contributed by atoms with E-state index in [9.17, 15) is 4.79 Å². The fourth-order valence-corrected chi connectivity index (χ4v) is 3.62. The van der Waals surface area contributed by atoms with Gasteiger partial charge >= 0.3 is 0 Å². The van der Waals surface area contributed by atoms with Gasteiger partial charge in [-0.1, -0.05) is 36.4 Å². The standard InChI is InChI=1S/C18H18BrNO/c1-11-8-12(2)17(16(19)9-11)20-18(21)15-10-14(15)13-6-4-3-5-7-13/h3-9,14-15H,10H2,1-2H3,(H,20,21). The molecule has 3 heteroatoms. The minimum Gasteiger partial charge on any atom is -0.325 e. The average Bonchev–Trinajstić information content (AvgIpc) is 3.24. The van der Waals surface area contributed by atoms with Crippen molar-refractivity contribution in [2.24, 2.45) is 5.92 Å². The molecule has 1 fully saturated rings. The summed E-state index contributed by atoms with van der Waals surface area (Å²) in [5, 5.41) is 3.08. The zero-order valence-corrected chi connectivity index (χ0v) is 13.8. The minimum absolute atomic E-state index is 0.0972. The van der Waals surface area contributed by atoms with Crippen molar-refractivity contribution < 1.29 is 4.79 Å². The molecule has 2 unspecified atom stereocenters. The molecule has 0 aliphatic heterocycles. The molecule has 21 heavy (non-hydrogen) atoms. The third-order valence-corrected chi connectivity index (χ3v) is 4.66. The van der Waals surface area contributed by atoms with Gasteiger partial charge in [-0.25, -0.2) is 0 Å². The topological polar surface area (TPSA) is 29.1 Å². The number of carbonyl (C=O) groups excluding carboxylic acids is 1. The van der Waals surface area contributed by atoms with Gasteiger partial charge < -0.3 is 5.32 Å². The quantitative estimate of drug-likeness (QED) is 0.851. The summed E-state index contributed by atoms with van der Waals surface area (Å²) in [4.78, 5) is 12.4. The van der Waals surface area contributed by atoms with Crippen LogP contribution >= 0.6 is 15.9 Å². The van der Waals surface area contributed by atoms with Gasteiger partial charge in [0.05, 0.1) is 5.69 Å². The van der Waals surface area contributed by atoms with Gasteiger partial charge in [0, 0.05) is 10.4 Å². The number of rotatable bonds is 3. The molecule has 2 aromatic carbocycles. The average molecular weight is 344 g/mol. The van der Waals surface area contributed by atoms with Crippen molar-refractivity contribution in [1.29, 1.82) is 0 Å². The monoisotopic (exact) mass is 343 g/mol. The Kier molecular flexibility index (Phi) is 3.85. The van der Waals surface area contributed by atoms with Crippen LogP contribution in [0.4, 0.5) is 5.69 Å². The summed E-state index contributed by atoms with van der Waals surface area (Å²) in [7, 11) is 0. The molecule has 2 atom stereocenters. The summed E-state index contributed by atoms with van der Waals surface area (Å²) >= 11 is 3.54. The number of nitrogens with one attached hydrogen (secondary N) is 1. The summed E-state index contributed by atoms with van der Waals surface area (Å²) in [6.07, 6.45) is 0.943. The SMILES string of the molecule is Cc1cc(C)c(NC(=O)C2CC2c2ccccc2)c(Br)c1. The van der Waals surface area contributed by atoms with Crippen LogP contribution in [0.25, 0.3) is 0 Å². The lowest BCUT2D eigenvalue weighted by molar-refractivity contribution is -0.117. The van der Waals surface area contributed by atoms with Crippen LogP contribution in [0.1, 0.15) is 29.0 Å². The van der Waals surface area contributed by atoms with Crippen LogP contribution < -0.4 is 5.32 Å². The highest BCUT2D eigenvalue weighted by Crippen LogP contribution is 2.48. The maximum absolute atomic E-state index is 12.4. The number of hydrogen-bond acceptors (Lipinski definition) is 1. The molecular formula is C18H18BrNO. The van der Waals surface area contributed by atoms with Gasteiger partial charge in [-0.05, 0) is 64.9 Å². The number of halogens is 1. The Morgan fingerprint density at radius 1 is 1.19 bits per heavy atom. The van der Waals surface area contributed by atoms with Crippen LogP contribution in [0.5, 0.6) is 0 Å². The highest BCUT2D eigenvalue weighted by molar-refractivity contribution is 9.10. The van der Waals surface area contributed by atoms with Gasteiger partial charge in [-0.3, -0.25) is 4.79 Å². The number of hydrogen-bond donors (Lipinski definition) is 1. The van der Waals surface area contributed by atoms with Crippen LogP contribution in [-0.2, 0) is 4.79 Å². The van der Waals surface area contributed by atoms with E-state index in [2.05, 4.69) is 46.4 Å². The summed E-state index contributed by atoms with van der Waals surface area (Å²) in [5.41, 5.74) is 4.43. The molecule has 108 valence electrons. The fraction of sp³-hybridized carbons (Fsp3) is 0.278. The van der Waals surface area contributed by atoms with E-state index in [1.165, 1.54) is 11.1 Å². The van der Waals surface area contributed by atoms with Crippen molar-refractivity contribution in [3.8, 4) is 0 Å². The first-order chi connectivity index (χ1) is 10.1. The first-order valence-electron chi connectivity index (χ1n) is 7.19. The maximum Gasteiger partial charge on any atom is 0.228 e. The summed E-state index contributed by atoms with van der Waals surface area (Å²) in [6, 6.07) is 14.4. The number of anilines is 1. The Balaban J connectivity index is 1.72. The van der Waals surface area contributed by atoms with Gasteiger partial charge in [-0.2, -0.15) is 0 Å². The zero-order valence-electron chi connectivity index (χ0n) is 12.2. The Morgan fingerprint density at radius 2 is 1.90 bits per heavy atom. The highest BCUT2D eigenvalue weighted by atomic mass is 79.9. The highest BCUT2D eigenvalue weighted by Gasteiger charge is 2.43. The van der Waals surface area contributed by atoms with Crippen LogP contribution in [-0.4, -0.2) is 5.91 Å². The molecule has 1 aliphatic carbocycles. The van der Waals surface area contributed by atoms with E-state index in [0.717, 1.165) is 22.1 Å². The number of carbonyl (C=O) groups is 1. The summed E-state index contributed by atoms with van der Waals surface area (Å²) in [5.74, 6) is 0.590. The zero-order chi connectivity index (χ0) is 15.0. The lowest BCUT2D eigenvalue weighted by Gasteiger charge is -2.12. The molecule has 0 heterocycles. The molecule has 3 rings (SSSR count). The third-order valence-electron chi connectivity index (χ3n) is 4.03. The van der Waals surface area contributed by atoms with E-state index in [-0.39, 0.29) is 11.8 Å². The molecule has 0 radical (unpaired) electrons. The maximum atomic E-state index is 12.4. The Morgan fingerprint density at radius 3 is 2.57 bits per heavy atom. The molecule has 2 nitrogen and oxygen atoms in total. The molecule has 0 bridgehead atoms. The first-order valence-corrected chi connectivity index (χ1v) is 7.98. The van der Waals surface area contributed by atoms with E-state index in [0.29, 0.717) is 5.92 Å². The van der Waals surface area contributed by atoms with Gasteiger partial charge in [0.2, 0.25) is 5.91 Å². The number of amides is 1. The molecule has 0 aromatic heterocycles. The Bertz CT molecular complexity index is 658. The second-order valence-electron chi connectivity index (χ2n) is 5.79. The lowest BCUT2D eigenvalue weighted by atomic mass is 10.1. The van der Waals surface area contributed by atoms with Gasteiger partial charge in [0.1, 0.15) is 0 Å². The smallest absolute Gasteiger partial charge is 0.228 e. The second-order valence-corrected chi connectivity index (χ2v) is 6.64. The van der Waals surface area contributed by atoms with Crippen LogP contribution in [0.15, 0.2) is 46.9 Å². The van der Waals surface area contributed by atoms with Crippen molar-refractivity contribution in [3.63, 3.8) is 0 Å². The minimum atomic E-state index is 0.0972. The molecule has 2 aromatic rings. The van der Waals surface area contributed by atoms with E-state index in [1.54, 1.807) is 0 Å². The second kappa shape index (κ2) is 5.64. The number of aryl methyl sites for hydroxylation is 2. The summed E-state index contributed by atoms with van der Waals surface area (Å²) in [6.45, 7) is 4.07. The molecule has 1 saturated carbocycles. The Labute approximate surface area is 133 Å². The fourth-order valence-electron chi connectivity index (χ4n) is 2.84. The van der Waals surface area contributed by atoms with Crippen molar-refractivity contribution in [2.45, 2.75) is 26.2 Å². The normalized spacial score (nSPS) is 20.1. The Hall–Kier alpha value is -1.61. The van der Waals surface area contributed by atoms with E-state index in [1.807, 2.05) is 31.2 Å². The molecule has 0 saturated heterocycles. The van der Waals surface area contributed by atoms with E-state index >= 15 is 0 Å². The van der Waals surface area contributed by atoms with Crippen LogP contribution in [0.3, 0.4) is 0 Å². The van der Waals surface area contributed by atoms with Gasteiger partial charge in [0.25, 0.3) is 0 Å². The molecule has 1 amide bonds. The van der Waals surface area contributed by atoms with Crippen LogP contribution in [0, 0.1) is 19.8 Å². The van der Waals surface area contributed by atoms with Crippen molar-refractivity contribution in [2.75, 3.05) is 5.32 Å². The first kappa shape index (κ1) is 14.3. The predicted octanol–water partition coefficient (Wildman–Crippen LogP) is 4.81. The summed E-state index contributed by atoms with van der Waals surface area (Å²) < 4.78 is 0.949. The van der Waals surface area contributed by atoms with Gasteiger partial charge in [0.15, 0.2) is 0 Å². The molecule has 1 aliphatic rings. The van der Waals surface area contributed by atoms with Gasteiger partial charge in [-0.15, -0.1) is 0 Å². The van der Waals surface area contributed by atoms with E-state index in [4.69, 9.17) is 0 Å². The molecule has 1 N–H and O–H groups in total. The van der Waals surface area contributed by atoms with E-state index < -0.39 is 0 Å². The molecular weight excluding hydrogens is 326 g/mol. The lowest BCUT2D eigenvalue weighted by Crippen LogP contribution is -2.15. The predicted molar refractivity (Wildman–Crippen MR) is 89.5 cm³/mol. The van der Waals surface area contributed by atoms with Crippen molar-refractivity contribution in [3.05, 3.63) is 63.6 Å². The third kappa shape index (κ3) is 3.03. The molecule has 0 spiro atoms. The van der Waals surface area contributed by atoms with Crippen LogP contribution in [0.2, 0.25) is 0 Å².